The highest BCUT2D eigenvalue weighted by Crippen LogP contribution is 2.27. The van der Waals surface area contributed by atoms with Crippen molar-refractivity contribution in [1.82, 2.24) is 0 Å². The lowest BCUT2D eigenvalue weighted by molar-refractivity contribution is 0.414. The predicted molar refractivity (Wildman–Crippen MR) is 84.4 cm³/mol. The normalized spacial score (nSPS) is 11.2. The summed E-state index contributed by atoms with van der Waals surface area (Å²) in [5.41, 5.74) is 1.63. The van der Waals surface area contributed by atoms with Crippen LogP contribution < -0.4 is 9.04 Å². The van der Waals surface area contributed by atoms with Crippen LogP contribution in [0.1, 0.15) is 12.5 Å². The minimum atomic E-state index is -3.57. The highest BCUT2D eigenvalue weighted by Gasteiger charge is 2.24. The highest BCUT2D eigenvalue weighted by atomic mass is 32.2. The Hall–Kier alpha value is -2.01. The van der Waals surface area contributed by atoms with E-state index in [4.69, 9.17) is 4.74 Å². The fraction of sp³-hybridized carbons (Fsp3) is 0.250. The molecular formula is C16H19NO3S. The first-order valence-corrected chi connectivity index (χ1v) is 8.17. The van der Waals surface area contributed by atoms with Gasteiger partial charge in [-0.25, -0.2) is 8.42 Å². The molecule has 0 N–H and O–H groups in total. The van der Waals surface area contributed by atoms with E-state index in [-0.39, 0.29) is 4.90 Å². The molecular weight excluding hydrogens is 286 g/mol. The lowest BCUT2D eigenvalue weighted by Gasteiger charge is -2.24. The zero-order valence-electron chi connectivity index (χ0n) is 12.4. The summed E-state index contributed by atoms with van der Waals surface area (Å²) in [4.78, 5) is 0.258. The quantitative estimate of drug-likeness (QED) is 0.852. The standard InChI is InChI=1S/C16H19NO3S/c1-4-17(16-8-6-5-7-13(16)2)21(18,19)15-11-9-14(20-3)10-12-15/h5-12H,4H2,1-3H3. The Morgan fingerprint density at radius 1 is 1.05 bits per heavy atom. The molecule has 21 heavy (non-hydrogen) atoms. The molecule has 5 heteroatoms. The van der Waals surface area contributed by atoms with Gasteiger partial charge in [0.25, 0.3) is 10.0 Å². The third-order valence-electron chi connectivity index (χ3n) is 3.32. The summed E-state index contributed by atoms with van der Waals surface area (Å²) in [5.74, 6) is 0.632. The summed E-state index contributed by atoms with van der Waals surface area (Å²) >= 11 is 0. The average Bonchev–Trinajstić information content (AvgIpc) is 2.50. The van der Waals surface area contributed by atoms with Gasteiger partial charge >= 0.3 is 0 Å². The fourth-order valence-electron chi connectivity index (χ4n) is 2.19. The summed E-state index contributed by atoms with van der Waals surface area (Å²) in [6, 6.07) is 13.9. The zero-order chi connectivity index (χ0) is 15.5. The van der Waals surface area contributed by atoms with Gasteiger partial charge in [-0.15, -0.1) is 0 Å². The van der Waals surface area contributed by atoms with E-state index in [1.807, 2.05) is 38.1 Å². The molecule has 0 spiro atoms. The smallest absolute Gasteiger partial charge is 0.264 e. The van der Waals surface area contributed by atoms with E-state index < -0.39 is 10.0 Å². The zero-order valence-corrected chi connectivity index (χ0v) is 13.2. The number of anilines is 1. The number of aryl methyl sites for hydroxylation is 1. The van der Waals surface area contributed by atoms with Crippen LogP contribution in [0.15, 0.2) is 53.4 Å². The number of para-hydroxylation sites is 1. The van der Waals surface area contributed by atoms with Crippen LogP contribution in [0, 0.1) is 6.92 Å². The Balaban J connectivity index is 2.47. The van der Waals surface area contributed by atoms with Crippen LogP contribution in [0.3, 0.4) is 0 Å². The van der Waals surface area contributed by atoms with E-state index in [2.05, 4.69) is 0 Å². The molecule has 4 nitrogen and oxygen atoms in total. The largest absolute Gasteiger partial charge is 0.497 e. The van der Waals surface area contributed by atoms with Gasteiger partial charge in [0.2, 0.25) is 0 Å². The molecule has 2 rings (SSSR count). The van der Waals surface area contributed by atoms with Gasteiger partial charge in [-0.3, -0.25) is 4.31 Å². The van der Waals surface area contributed by atoms with Crippen molar-refractivity contribution in [3.8, 4) is 5.75 Å². The Morgan fingerprint density at radius 2 is 1.67 bits per heavy atom. The number of hydrogen-bond donors (Lipinski definition) is 0. The molecule has 0 heterocycles. The number of ether oxygens (including phenoxy) is 1. The Kier molecular flexibility index (Phi) is 4.53. The van der Waals surface area contributed by atoms with Crippen molar-refractivity contribution in [2.45, 2.75) is 18.7 Å². The highest BCUT2D eigenvalue weighted by molar-refractivity contribution is 7.92. The van der Waals surface area contributed by atoms with Gasteiger partial charge in [0.05, 0.1) is 17.7 Å². The molecule has 112 valence electrons. The first kappa shape index (κ1) is 15.4. The predicted octanol–water partition coefficient (Wildman–Crippen LogP) is 3.22. The fourth-order valence-corrected chi connectivity index (χ4v) is 3.73. The maximum Gasteiger partial charge on any atom is 0.264 e. The molecule has 2 aromatic rings. The minimum absolute atomic E-state index is 0.258. The second-order valence-corrected chi connectivity index (χ2v) is 6.49. The van der Waals surface area contributed by atoms with E-state index in [1.54, 1.807) is 31.4 Å². The molecule has 0 atom stereocenters. The summed E-state index contributed by atoms with van der Waals surface area (Å²) in [6.07, 6.45) is 0. The molecule has 0 aliphatic carbocycles. The van der Waals surface area contributed by atoms with Gasteiger partial charge in [0.1, 0.15) is 5.75 Å². The lowest BCUT2D eigenvalue weighted by Crippen LogP contribution is -2.31. The first-order valence-electron chi connectivity index (χ1n) is 6.73. The lowest BCUT2D eigenvalue weighted by atomic mass is 10.2. The molecule has 0 saturated carbocycles. The van der Waals surface area contributed by atoms with Crippen molar-refractivity contribution in [2.75, 3.05) is 18.0 Å². The number of methoxy groups -OCH3 is 1. The molecule has 0 aliphatic rings. The van der Waals surface area contributed by atoms with Gasteiger partial charge in [0.15, 0.2) is 0 Å². The van der Waals surface area contributed by atoms with Gasteiger partial charge < -0.3 is 4.74 Å². The van der Waals surface area contributed by atoms with E-state index in [1.165, 1.54) is 4.31 Å². The molecule has 2 aromatic carbocycles. The first-order chi connectivity index (χ1) is 10.0. The Morgan fingerprint density at radius 3 is 2.19 bits per heavy atom. The molecule has 0 aliphatic heterocycles. The van der Waals surface area contributed by atoms with Crippen LogP contribution >= 0.6 is 0 Å². The van der Waals surface area contributed by atoms with Crippen LogP contribution in [0.2, 0.25) is 0 Å². The molecule has 0 saturated heterocycles. The SMILES string of the molecule is CCN(c1ccccc1C)S(=O)(=O)c1ccc(OC)cc1. The van der Waals surface area contributed by atoms with Crippen molar-refractivity contribution in [3.05, 3.63) is 54.1 Å². The van der Waals surface area contributed by atoms with E-state index in [9.17, 15) is 8.42 Å². The second-order valence-electron chi connectivity index (χ2n) is 4.63. The number of benzene rings is 2. The van der Waals surface area contributed by atoms with Crippen molar-refractivity contribution in [2.24, 2.45) is 0 Å². The van der Waals surface area contributed by atoms with Crippen LogP contribution in [-0.4, -0.2) is 22.1 Å². The average molecular weight is 305 g/mol. The van der Waals surface area contributed by atoms with Crippen LogP contribution in [0.5, 0.6) is 5.75 Å². The van der Waals surface area contributed by atoms with Crippen molar-refractivity contribution >= 4 is 15.7 Å². The Labute approximate surface area is 126 Å². The topological polar surface area (TPSA) is 46.6 Å². The van der Waals surface area contributed by atoms with Crippen molar-refractivity contribution in [3.63, 3.8) is 0 Å². The molecule has 0 amide bonds. The molecule has 0 bridgehead atoms. The van der Waals surface area contributed by atoms with Crippen molar-refractivity contribution in [1.29, 1.82) is 0 Å². The van der Waals surface area contributed by atoms with Gasteiger partial charge in [0, 0.05) is 6.54 Å². The van der Waals surface area contributed by atoms with Crippen LogP contribution in [-0.2, 0) is 10.0 Å². The van der Waals surface area contributed by atoms with E-state index in [0.29, 0.717) is 18.0 Å². The number of nitrogens with zero attached hydrogens (tertiary/aromatic N) is 1. The number of rotatable bonds is 5. The third-order valence-corrected chi connectivity index (χ3v) is 5.22. The van der Waals surface area contributed by atoms with E-state index in [0.717, 1.165) is 5.56 Å². The Bertz CT molecular complexity index is 709. The number of sulfonamides is 1. The monoisotopic (exact) mass is 305 g/mol. The maximum atomic E-state index is 12.8. The molecule has 0 radical (unpaired) electrons. The van der Waals surface area contributed by atoms with Crippen LogP contribution in [0.25, 0.3) is 0 Å². The third kappa shape index (κ3) is 3.03. The number of hydrogen-bond acceptors (Lipinski definition) is 3. The van der Waals surface area contributed by atoms with Gasteiger partial charge in [-0.1, -0.05) is 18.2 Å². The second kappa shape index (κ2) is 6.18. The minimum Gasteiger partial charge on any atom is -0.497 e. The maximum absolute atomic E-state index is 12.8. The van der Waals surface area contributed by atoms with Gasteiger partial charge in [-0.05, 0) is 49.7 Å². The summed E-state index contributed by atoms with van der Waals surface area (Å²) in [6.45, 7) is 4.11. The summed E-state index contributed by atoms with van der Waals surface area (Å²) in [7, 11) is -2.02. The molecule has 0 unspecified atom stereocenters. The van der Waals surface area contributed by atoms with Crippen molar-refractivity contribution < 1.29 is 13.2 Å². The summed E-state index contributed by atoms with van der Waals surface area (Å²) in [5, 5.41) is 0. The van der Waals surface area contributed by atoms with Gasteiger partial charge in [-0.2, -0.15) is 0 Å². The van der Waals surface area contributed by atoms with E-state index >= 15 is 0 Å². The van der Waals surface area contributed by atoms with Crippen LogP contribution in [0.4, 0.5) is 5.69 Å². The molecule has 0 aromatic heterocycles. The molecule has 0 fully saturated rings. The summed E-state index contributed by atoms with van der Waals surface area (Å²) < 4.78 is 32.1.